The zero-order chi connectivity index (χ0) is 10.7. The minimum Gasteiger partial charge on any atom is -0.235 e. The number of hydrogen-bond donors (Lipinski definition) is 0. The van der Waals surface area contributed by atoms with Gasteiger partial charge in [-0.15, -0.1) is 0 Å². The van der Waals surface area contributed by atoms with Gasteiger partial charge in [-0.1, -0.05) is 11.6 Å². The Bertz CT molecular complexity index is 364. The fraction of sp³-hybridized carbons (Fsp3) is 0.333. The van der Waals surface area contributed by atoms with Crippen molar-refractivity contribution in [3.8, 4) is 0 Å². The van der Waals surface area contributed by atoms with Gasteiger partial charge in [-0.25, -0.2) is 18.8 Å². The molecule has 2 nitrogen and oxygen atoms in total. The smallest absolute Gasteiger partial charge is 0.235 e. The molecule has 0 atom stereocenters. The number of aliphatic imine (C=N–C) groups is 1. The first-order chi connectivity index (χ1) is 6.50. The van der Waals surface area contributed by atoms with Gasteiger partial charge in [-0.2, -0.15) is 0 Å². The fourth-order valence-electron chi connectivity index (χ4n) is 0.866. The van der Waals surface area contributed by atoms with Crippen molar-refractivity contribution in [2.45, 2.75) is 20.3 Å². The Morgan fingerprint density at radius 3 is 2.71 bits per heavy atom. The van der Waals surface area contributed by atoms with Gasteiger partial charge >= 0.3 is 0 Å². The molecule has 0 amide bonds. The molecule has 0 bridgehead atoms. The Labute approximate surface area is 85.6 Å². The summed E-state index contributed by atoms with van der Waals surface area (Å²) in [5.41, 5.74) is 0.431. The van der Waals surface area contributed by atoms with Crippen LogP contribution in [-0.2, 0) is 0 Å². The van der Waals surface area contributed by atoms with Crippen molar-refractivity contribution in [1.82, 2.24) is 4.98 Å². The summed E-state index contributed by atoms with van der Waals surface area (Å²) in [5.74, 6) is 0.284. The van der Waals surface area contributed by atoms with Crippen LogP contribution < -0.4 is 0 Å². The van der Waals surface area contributed by atoms with Gasteiger partial charge in [0.15, 0.2) is 5.82 Å². The molecular weight excluding hydrogens is 210 g/mol. The molecule has 1 aromatic rings. The second-order valence-electron chi connectivity index (χ2n) is 2.85. The number of nitrogens with zero attached hydrogens (tertiary/aromatic N) is 2. The van der Waals surface area contributed by atoms with Gasteiger partial charge in [-0.05, 0) is 25.5 Å². The highest BCUT2D eigenvalue weighted by Gasteiger charge is 2.08. The van der Waals surface area contributed by atoms with E-state index in [0.717, 1.165) is 0 Å². The van der Waals surface area contributed by atoms with E-state index >= 15 is 0 Å². The Morgan fingerprint density at radius 2 is 2.21 bits per heavy atom. The van der Waals surface area contributed by atoms with E-state index in [0.29, 0.717) is 10.6 Å². The van der Waals surface area contributed by atoms with Crippen LogP contribution in [0.5, 0.6) is 0 Å². The molecule has 1 heterocycles. The predicted molar refractivity (Wildman–Crippen MR) is 52.8 cm³/mol. The van der Waals surface area contributed by atoms with Crippen LogP contribution in [0.2, 0.25) is 5.02 Å². The molecule has 0 saturated heterocycles. The van der Waals surface area contributed by atoms with Crippen molar-refractivity contribution in [3.63, 3.8) is 0 Å². The number of hydrogen-bond acceptors (Lipinski definition) is 2. The van der Waals surface area contributed by atoms with E-state index < -0.39 is 6.43 Å². The molecule has 0 N–H and O–H groups in total. The summed E-state index contributed by atoms with van der Waals surface area (Å²) in [7, 11) is 0. The molecule has 76 valence electrons. The highest BCUT2D eigenvalue weighted by molar-refractivity contribution is 6.30. The molecule has 0 saturated carbocycles. The predicted octanol–water partition coefficient (Wildman–Crippen LogP) is 3.40. The van der Waals surface area contributed by atoms with Crippen LogP contribution in [0, 0.1) is 6.92 Å². The first kappa shape index (κ1) is 11.0. The standard InChI is InChI=1S/C9H9ClF2N2/c1-5-3-7(10)4-13-9(5)14-6(2)8(11)12/h3-4,8H,1-2H3/b14-6+. The molecule has 0 spiro atoms. The monoisotopic (exact) mass is 218 g/mol. The van der Waals surface area contributed by atoms with Crippen molar-refractivity contribution in [2.75, 3.05) is 0 Å². The zero-order valence-electron chi connectivity index (χ0n) is 7.76. The van der Waals surface area contributed by atoms with E-state index in [1.165, 1.54) is 13.1 Å². The highest BCUT2D eigenvalue weighted by Crippen LogP contribution is 2.19. The Hall–Kier alpha value is -1.03. The molecule has 0 unspecified atom stereocenters. The summed E-state index contributed by atoms with van der Waals surface area (Å²) >= 11 is 5.66. The van der Waals surface area contributed by atoms with Gasteiger partial charge in [0.05, 0.1) is 10.7 Å². The van der Waals surface area contributed by atoms with Crippen LogP contribution in [0.4, 0.5) is 14.6 Å². The summed E-state index contributed by atoms with van der Waals surface area (Å²) in [6.45, 7) is 2.98. The quantitative estimate of drug-likeness (QED) is 0.699. The van der Waals surface area contributed by atoms with Gasteiger partial charge in [0.25, 0.3) is 6.43 Å². The maximum absolute atomic E-state index is 12.1. The molecule has 0 radical (unpaired) electrons. The summed E-state index contributed by atoms with van der Waals surface area (Å²) in [6.07, 6.45) is -1.17. The topological polar surface area (TPSA) is 25.2 Å². The first-order valence-corrected chi connectivity index (χ1v) is 4.34. The van der Waals surface area contributed by atoms with Crippen molar-refractivity contribution >= 4 is 23.1 Å². The van der Waals surface area contributed by atoms with Crippen LogP contribution in [0.3, 0.4) is 0 Å². The number of alkyl halides is 2. The minimum absolute atomic E-state index is 0.247. The third kappa shape index (κ3) is 2.73. The maximum atomic E-state index is 12.1. The van der Waals surface area contributed by atoms with E-state index in [1.54, 1.807) is 13.0 Å². The van der Waals surface area contributed by atoms with Gasteiger partial charge in [-0.3, -0.25) is 0 Å². The number of aromatic nitrogens is 1. The molecule has 14 heavy (non-hydrogen) atoms. The lowest BCUT2D eigenvalue weighted by Crippen LogP contribution is -2.04. The second kappa shape index (κ2) is 4.46. The molecule has 0 aromatic carbocycles. The van der Waals surface area contributed by atoms with Crippen LogP contribution in [0.15, 0.2) is 17.3 Å². The Balaban J connectivity index is 3.03. The molecule has 1 aromatic heterocycles. The largest absolute Gasteiger partial charge is 0.276 e. The third-order valence-electron chi connectivity index (χ3n) is 1.62. The molecular formula is C9H9ClF2N2. The number of rotatable bonds is 2. The van der Waals surface area contributed by atoms with E-state index in [2.05, 4.69) is 9.98 Å². The van der Waals surface area contributed by atoms with Crippen molar-refractivity contribution < 1.29 is 8.78 Å². The maximum Gasteiger partial charge on any atom is 0.276 e. The average molecular weight is 219 g/mol. The molecule has 0 aliphatic heterocycles. The molecule has 0 fully saturated rings. The average Bonchev–Trinajstić information content (AvgIpc) is 2.09. The van der Waals surface area contributed by atoms with E-state index in [9.17, 15) is 8.78 Å². The van der Waals surface area contributed by atoms with Crippen molar-refractivity contribution in [1.29, 1.82) is 0 Å². The van der Waals surface area contributed by atoms with Gasteiger partial charge < -0.3 is 0 Å². The molecule has 0 aliphatic carbocycles. The lowest BCUT2D eigenvalue weighted by molar-refractivity contribution is 0.225. The first-order valence-electron chi connectivity index (χ1n) is 3.96. The number of aryl methyl sites for hydroxylation is 1. The van der Waals surface area contributed by atoms with E-state index in [4.69, 9.17) is 11.6 Å². The Kier molecular flexibility index (Phi) is 3.52. The summed E-state index contributed by atoms with van der Waals surface area (Å²) in [5, 5.41) is 0.469. The lowest BCUT2D eigenvalue weighted by Gasteiger charge is -2.01. The number of halogens is 3. The highest BCUT2D eigenvalue weighted by atomic mass is 35.5. The minimum atomic E-state index is -2.55. The summed E-state index contributed by atoms with van der Waals surface area (Å²) in [6, 6.07) is 1.63. The van der Waals surface area contributed by atoms with Crippen LogP contribution in [0.1, 0.15) is 12.5 Å². The van der Waals surface area contributed by atoms with E-state index in [-0.39, 0.29) is 11.5 Å². The number of pyridine rings is 1. The van der Waals surface area contributed by atoms with Gasteiger partial charge in [0.2, 0.25) is 0 Å². The zero-order valence-corrected chi connectivity index (χ0v) is 8.52. The normalized spacial score (nSPS) is 12.3. The summed E-state index contributed by atoms with van der Waals surface area (Å²) in [4.78, 5) is 7.54. The van der Waals surface area contributed by atoms with Gasteiger partial charge in [0, 0.05) is 6.20 Å². The van der Waals surface area contributed by atoms with Crippen LogP contribution >= 0.6 is 11.6 Å². The molecule has 1 rings (SSSR count). The second-order valence-corrected chi connectivity index (χ2v) is 3.28. The summed E-state index contributed by atoms with van der Waals surface area (Å²) < 4.78 is 24.3. The van der Waals surface area contributed by atoms with Crippen molar-refractivity contribution in [3.05, 3.63) is 22.8 Å². The molecule has 0 aliphatic rings. The lowest BCUT2D eigenvalue weighted by atomic mass is 10.3. The van der Waals surface area contributed by atoms with Gasteiger partial charge in [0.1, 0.15) is 0 Å². The fourth-order valence-corrected chi connectivity index (χ4v) is 1.08. The Morgan fingerprint density at radius 1 is 1.57 bits per heavy atom. The van der Waals surface area contributed by atoms with Crippen LogP contribution in [-0.4, -0.2) is 17.1 Å². The van der Waals surface area contributed by atoms with Crippen molar-refractivity contribution in [2.24, 2.45) is 4.99 Å². The SMILES string of the molecule is C/C(=N\c1ncc(Cl)cc1C)C(F)F. The van der Waals surface area contributed by atoms with Crippen LogP contribution in [0.25, 0.3) is 0 Å². The third-order valence-corrected chi connectivity index (χ3v) is 1.82. The van der Waals surface area contributed by atoms with E-state index in [1.807, 2.05) is 0 Å². The molecule has 5 heteroatoms.